The molecule has 38 heavy (non-hydrogen) atoms. The first-order chi connectivity index (χ1) is 18.1. The molecule has 0 aliphatic carbocycles. The van der Waals surface area contributed by atoms with Crippen LogP contribution in [0.4, 0.5) is 13.2 Å². The van der Waals surface area contributed by atoms with Crippen molar-refractivity contribution >= 4 is 23.4 Å². The Bertz CT molecular complexity index is 1410. The molecule has 1 atom stereocenters. The normalized spacial score (nSPS) is 15.3. The minimum Gasteiger partial charge on any atom is -0.497 e. The van der Waals surface area contributed by atoms with Gasteiger partial charge in [0.25, 0.3) is 11.5 Å². The molecule has 2 aromatic carbocycles. The average molecular weight is 549 g/mol. The minimum atomic E-state index is -4.79. The largest absolute Gasteiger partial charge is 0.497 e. The summed E-state index contributed by atoms with van der Waals surface area (Å²) in [7, 11) is 4.56. The highest BCUT2D eigenvalue weighted by Crippen LogP contribution is 2.38. The van der Waals surface area contributed by atoms with Crippen LogP contribution in [0.3, 0.4) is 0 Å². The number of thioether (sulfide) groups is 1. The van der Waals surface area contributed by atoms with Crippen LogP contribution >= 0.6 is 11.8 Å². The van der Waals surface area contributed by atoms with Crippen LogP contribution in [0.5, 0.6) is 17.2 Å². The number of amides is 1. The predicted molar refractivity (Wildman–Crippen MR) is 134 cm³/mol. The molecule has 1 aliphatic heterocycles. The van der Waals surface area contributed by atoms with Crippen molar-refractivity contribution in [2.24, 2.45) is 5.10 Å². The molecule has 0 bridgehead atoms. The molecule has 0 unspecified atom stereocenters. The van der Waals surface area contributed by atoms with Crippen LogP contribution in [0.15, 0.2) is 63.6 Å². The fourth-order valence-electron chi connectivity index (χ4n) is 3.86. The van der Waals surface area contributed by atoms with Gasteiger partial charge in [-0.3, -0.25) is 9.59 Å². The SMILES string of the molecule is COc1ccc(C2=NN(C(=O)CSc3nc(C(F)(F)F)cc(=O)[nH]3)[C@H](c3ccc(OC)c(OC)c3)C2)cc1. The number of carbonyl (C=O) groups excluding carboxylic acids is 1. The summed E-state index contributed by atoms with van der Waals surface area (Å²) in [5, 5.41) is 5.53. The van der Waals surface area contributed by atoms with Gasteiger partial charge in [-0.15, -0.1) is 0 Å². The van der Waals surface area contributed by atoms with Crippen LogP contribution in [0, 0.1) is 0 Å². The Morgan fingerprint density at radius 2 is 1.76 bits per heavy atom. The lowest BCUT2D eigenvalue weighted by Gasteiger charge is -2.22. The van der Waals surface area contributed by atoms with Crippen molar-refractivity contribution in [3.8, 4) is 17.2 Å². The summed E-state index contributed by atoms with van der Waals surface area (Å²) >= 11 is 0.684. The van der Waals surface area contributed by atoms with Crippen LogP contribution in [-0.2, 0) is 11.0 Å². The van der Waals surface area contributed by atoms with Crippen molar-refractivity contribution in [3.63, 3.8) is 0 Å². The van der Waals surface area contributed by atoms with Gasteiger partial charge in [0.1, 0.15) is 5.75 Å². The van der Waals surface area contributed by atoms with E-state index in [0.717, 1.165) is 11.1 Å². The highest BCUT2D eigenvalue weighted by molar-refractivity contribution is 7.99. The second-order valence-corrected chi connectivity index (χ2v) is 9.03. The third-order valence-corrected chi connectivity index (χ3v) is 6.58. The number of aromatic nitrogens is 2. The first-order valence-corrected chi connectivity index (χ1v) is 12.2. The zero-order valence-corrected chi connectivity index (χ0v) is 21.4. The van der Waals surface area contributed by atoms with Gasteiger partial charge in [0.05, 0.1) is 38.8 Å². The Kier molecular flexibility index (Phi) is 7.95. The first kappa shape index (κ1) is 27.0. The van der Waals surface area contributed by atoms with Gasteiger partial charge in [-0.05, 0) is 47.5 Å². The second kappa shape index (κ2) is 11.2. The van der Waals surface area contributed by atoms with Crippen molar-refractivity contribution in [1.82, 2.24) is 15.0 Å². The number of aromatic amines is 1. The lowest BCUT2D eigenvalue weighted by atomic mass is 9.98. The molecular weight excluding hydrogens is 525 g/mol. The molecule has 4 rings (SSSR count). The smallest absolute Gasteiger partial charge is 0.433 e. The van der Waals surface area contributed by atoms with Crippen LogP contribution < -0.4 is 19.8 Å². The Labute approximate surface area is 219 Å². The number of rotatable bonds is 8. The van der Waals surface area contributed by atoms with E-state index in [4.69, 9.17) is 14.2 Å². The van der Waals surface area contributed by atoms with E-state index in [0.29, 0.717) is 47.2 Å². The molecule has 1 aromatic heterocycles. The Hall–Kier alpha value is -4.00. The number of hydrogen-bond acceptors (Lipinski definition) is 8. The number of nitrogens with zero attached hydrogens (tertiary/aromatic N) is 3. The van der Waals surface area contributed by atoms with E-state index < -0.39 is 29.4 Å². The van der Waals surface area contributed by atoms with E-state index in [1.807, 2.05) is 12.1 Å². The van der Waals surface area contributed by atoms with E-state index in [1.54, 1.807) is 37.4 Å². The van der Waals surface area contributed by atoms with Gasteiger partial charge in [-0.1, -0.05) is 17.8 Å². The van der Waals surface area contributed by atoms with Gasteiger partial charge in [0, 0.05) is 12.5 Å². The summed E-state index contributed by atoms with van der Waals surface area (Å²) in [6, 6.07) is 12.3. The Morgan fingerprint density at radius 1 is 1.05 bits per heavy atom. The summed E-state index contributed by atoms with van der Waals surface area (Å²) in [5.41, 5.74) is -0.162. The average Bonchev–Trinajstić information content (AvgIpc) is 3.36. The van der Waals surface area contributed by atoms with Gasteiger partial charge in [0.2, 0.25) is 0 Å². The summed E-state index contributed by atoms with van der Waals surface area (Å²) in [6.07, 6.45) is -4.42. The molecule has 0 spiro atoms. The third-order valence-electron chi connectivity index (χ3n) is 5.72. The van der Waals surface area contributed by atoms with Crippen molar-refractivity contribution < 1.29 is 32.2 Å². The van der Waals surface area contributed by atoms with Gasteiger partial charge >= 0.3 is 6.18 Å². The minimum absolute atomic E-state index is 0.312. The van der Waals surface area contributed by atoms with Gasteiger partial charge in [0.15, 0.2) is 22.3 Å². The molecule has 0 fully saturated rings. The molecule has 1 aliphatic rings. The molecule has 0 saturated carbocycles. The maximum Gasteiger partial charge on any atom is 0.433 e. The van der Waals surface area contributed by atoms with Crippen LogP contribution in [0.1, 0.15) is 29.3 Å². The third kappa shape index (κ3) is 5.93. The summed E-state index contributed by atoms with van der Waals surface area (Å²) < 4.78 is 55.1. The number of carbonyl (C=O) groups is 1. The van der Waals surface area contributed by atoms with E-state index >= 15 is 0 Å². The van der Waals surface area contributed by atoms with E-state index in [2.05, 4.69) is 15.1 Å². The van der Waals surface area contributed by atoms with E-state index in [9.17, 15) is 22.8 Å². The fourth-order valence-corrected chi connectivity index (χ4v) is 4.59. The number of benzene rings is 2. The van der Waals surface area contributed by atoms with Crippen LogP contribution in [0.2, 0.25) is 0 Å². The maximum absolute atomic E-state index is 13.3. The molecule has 0 saturated heterocycles. The highest BCUT2D eigenvalue weighted by atomic mass is 32.2. The standard InChI is InChI=1S/C25H23F3N4O5S/c1-35-16-7-4-14(5-8-16)17-11-18(15-6-9-19(36-2)20(10-15)37-3)32(31-17)23(34)13-38-24-29-21(25(26,27)28)12-22(33)30-24/h4-10,12,18H,11,13H2,1-3H3,(H,29,30,33)/t18-/m0/s1. The zero-order valence-electron chi connectivity index (χ0n) is 20.5. The summed E-state index contributed by atoms with van der Waals surface area (Å²) in [5.74, 6) is 0.844. The number of H-pyrrole nitrogens is 1. The lowest BCUT2D eigenvalue weighted by molar-refractivity contribution is -0.141. The topological polar surface area (TPSA) is 106 Å². The monoisotopic (exact) mass is 548 g/mol. The molecule has 200 valence electrons. The highest BCUT2D eigenvalue weighted by Gasteiger charge is 2.35. The first-order valence-electron chi connectivity index (χ1n) is 11.2. The van der Waals surface area contributed by atoms with Crippen molar-refractivity contribution in [2.45, 2.75) is 23.8 Å². The van der Waals surface area contributed by atoms with Crippen molar-refractivity contribution in [2.75, 3.05) is 27.1 Å². The maximum atomic E-state index is 13.3. The van der Waals surface area contributed by atoms with Gasteiger partial charge < -0.3 is 19.2 Å². The molecule has 1 amide bonds. The molecule has 13 heteroatoms. The number of methoxy groups -OCH3 is 3. The molecule has 3 aromatic rings. The molecule has 0 radical (unpaired) electrons. The van der Waals surface area contributed by atoms with Gasteiger partial charge in [-0.2, -0.15) is 18.3 Å². The summed E-state index contributed by atoms with van der Waals surface area (Å²) in [4.78, 5) is 30.7. The number of hydrogen-bond donors (Lipinski definition) is 1. The van der Waals surface area contributed by atoms with Crippen molar-refractivity contribution in [3.05, 3.63) is 75.7 Å². The number of halogens is 3. The van der Waals surface area contributed by atoms with Gasteiger partial charge in [-0.25, -0.2) is 9.99 Å². The predicted octanol–water partition coefficient (Wildman–Crippen LogP) is 4.28. The molecule has 2 heterocycles. The molecular formula is C25H23F3N4O5S. The number of ether oxygens (including phenoxy) is 3. The van der Waals surface area contributed by atoms with Crippen molar-refractivity contribution in [1.29, 1.82) is 0 Å². The number of nitrogens with one attached hydrogen (secondary N) is 1. The Morgan fingerprint density at radius 3 is 2.39 bits per heavy atom. The van der Waals surface area contributed by atoms with Crippen LogP contribution in [0.25, 0.3) is 0 Å². The fraction of sp³-hybridized carbons (Fsp3) is 0.280. The second-order valence-electron chi connectivity index (χ2n) is 8.07. The van der Waals surface area contributed by atoms with E-state index in [-0.39, 0.29) is 10.9 Å². The Balaban J connectivity index is 1.63. The van der Waals surface area contributed by atoms with Crippen LogP contribution in [-0.4, -0.2) is 53.7 Å². The number of hydrazone groups is 1. The molecule has 1 N–H and O–H groups in total. The van der Waals surface area contributed by atoms with E-state index in [1.165, 1.54) is 19.2 Å². The lowest BCUT2D eigenvalue weighted by Crippen LogP contribution is -2.29. The zero-order chi connectivity index (χ0) is 27.4. The molecule has 9 nitrogen and oxygen atoms in total. The summed E-state index contributed by atoms with van der Waals surface area (Å²) in [6.45, 7) is 0. The number of alkyl halides is 3. The quantitative estimate of drug-likeness (QED) is 0.331.